The van der Waals surface area contributed by atoms with Gasteiger partial charge in [0.15, 0.2) is 5.78 Å². The van der Waals surface area contributed by atoms with Gasteiger partial charge < -0.3 is 15.3 Å². The topological polar surface area (TPSA) is 109 Å². The van der Waals surface area contributed by atoms with Crippen LogP contribution < -0.4 is 10.2 Å². The van der Waals surface area contributed by atoms with Crippen LogP contribution in [-0.4, -0.2) is 65.4 Å². The number of amidine groups is 1. The van der Waals surface area contributed by atoms with Gasteiger partial charge in [-0.1, -0.05) is 0 Å². The first-order chi connectivity index (χ1) is 17.1. The van der Waals surface area contributed by atoms with Crippen molar-refractivity contribution in [2.75, 3.05) is 31.1 Å². The van der Waals surface area contributed by atoms with Gasteiger partial charge in [-0.05, 0) is 94.9 Å². The Morgan fingerprint density at radius 1 is 1.08 bits per heavy atom. The van der Waals surface area contributed by atoms with Crippen LogP contribution in [-0.2, 0) is 4.79 Å². The summed E-state index contributed by atoms with van der Waals surface area (Å²) in [6.45, 7) is 9.19. The van der Waals surface area contributed by atoms with Gasteiger partial charge in [-0.25, -0.2) is 0 Å². The number of hydrogen-bond donors (Lipinski definition) is 2. The van der Waals surface area contributed by atoms with E-state index >= 15 is 0 Å². The van der Waals surface area contributed by atoms with E-state index in [9.17, 15) is 20.0 Å². The predicted molar refractivity (Wildman–Crippen MR) is 138 cm³/mol. The number of aliphatic imine (C=N–C) groups is 1. The van der Waals surface area contributed by atoms with Crippen molar-refractivity contribution >= 4 is 23.3 Å². The number of hydrogen-bond acceptors (Lipinski definition) is 6. The Labute approximate surface area is 213 Å². The van der Waals surface area contributed by atoms with Crippen molar-refractivity contribution in [1.29, 1.82) is 5.26 Å². The van der Waals surface area contributed by atoms with Gasteiger partial charge in [0, 0.05) is 43.5 Å². The number of carbonyl (C=O) groups excluding carboxylic acids is 1. The maximum atomic E-state index is 12.1. The lowest BCUT2D eigenvalue weighted by Crippen LogP contribution is -2.66. The molecule has 1 heterocycles. The summed E-state index contributed by atoms with van der Waals surface area (Å²) in [5.41, 5.74) is 0.846. The van der Waals surface area contributed by atoms with E-state index in [1.807, 2.05) is 30.5 Å². The van der Waals surface area contributed by atoms with E-state index in [-0.39, 0.29) is 11.8 Å². The Kier molecular flexibility index (Phi) is 6.32. The second-order valence-electron chi connectivity index (χ2n) is 11.9. The SMILES string of the molecule is CC(=O)c1ccc(N2CCN(C(C)(C)/C(=N/C#N)NC3C4CC5CC3CC(C(=O)O)(C5)C4)CC2)cc1. The first kappa shape index (κ1) is 24.8. The monoisotopic (exact) mass is 491 g/mol. The fraction of sp³-hybridized carbons (Fsp3) is 0.643. The molecule has 6 rings (SSSR count). The molecule has 192 valence electrons. The number of piperazine rings is 1. The molecule has 1 aromatic carbocycles. The minimum Gasteiger partial charge on any atom is -0.481 e. The van der Waals surface area contributed by atoms with Crippen molar-refractivity contribution in [2.24, 2.45) is 28.2 Å². The predicted octanol–water partition coefficient (Wildman–Crippen LogP) is 3.54. The number of aliphatic carboxylic acids is 1. The van der Waals surface area contributed by atoms with Crippen LogP contribution in [0.5, 0.6) is 0 Å². The number of ketones is 1. The lowest BCUT2D eigenvalue weighted by molar-refractivity contribution is -0.166. The third-order valence-corrected chi connectivity index (χ3v) is 9.48. The molecule has 4 aliphatic carbocycles. The molecule has 0 amide bonds. The fourth-order valence-corrected chi connectivity index (χ4v) is 7.66. The third kappa shape index (κ3) is 4.28. The zero-order valence-electron chi connectivity index (χ0n) is 21.5. The molecule has 8 nitrogen and oxygen atoms in total. The van der Waals surface area contributed by atoms with E-state index in [1.54, 1.807) is 6.92 Å². The van der Waals surface area contributed by atoms with Crippen LogP contribution in [0.25, 0.3) is 0 Å². The van der Waals surface area contributed by atoms with Crippen LogP contribution in [0.2, 0.25) is 0 Å². The second-order valence-corrected chi connectivity index (χ2v) is 11.9. The summed E-state index contributed by atoms with van der Waals surface area (Å²) in [5.74, 6) is 1.30. The van der Waals surface area contributed by atoms with Crippen LogP contribution >= 0.6 is 0 Å². The highest BCUT2D eigenvalue weighted by molar-refractivity contribution is 5.94. The summed E-state index contributed by atoms with van der Waals surface area (Å²) in [6.07, 6.45) is 6.46. The molecule has 1 aromatic rings. The standard InChI is InChI=1S/C28H37N5O3/c1-18(34)20-4-6-23(7-5-20)32-8-10-33(11-9-32)27(2,3)25(30-17-29)31-24-21-12-19-13-22(24)16-28(14-19,15-21)26(35)36/h4-7,19,21-22,24H,8-16H2,1-3H3,(H,30,31)(H,35,36). The number of carbonyl (C=O) groups is 2. The van der Waals surface area contributed by atoms with Gasteiger partial charge in [-0.3, -0.25) is 14.5 Å². The summed E-state index contributed by atoms with van der Waals surface area (Å²) >= 11 is 0. The molecule has 5 fully saturated rings. The zero-order chi connectivity index (χ0) is 25.7. The molecule has 2 unspecified atom stereocenters. The zero-order valence-corrected chi connectivity index (χ0v) is 21.5. The number of Topliss-reactive ketones (excluding diaryl/α,β-unsaturated/α-hetero) is 1. The first-order valence-corrected chi connectivity index (χ1v) is 13.2. The van der Waals surface area contributed by atoms with Gasteiger partial charge in [0.1, 0.15) is 5.84 Å². The molecule has 4 saturated carbocycles. The van der Waals surface area contributed by atoms with Crippen LogP contribution in [0.3, 0.4) is 0 Å². The number of rotatable bonds is 6. The van der Waals surface area contributed by atoms with Crippen molar-refractivity contribution in [1.82, 2.24) is 10.2 Å². The average molecular weight is 492 g/mol. The molecule has 0 radical (unpaired) electrons. The molecule has 36 heavy (non-hydrogen) atoms. The number of nitriles is 1. The Hall–Kier alpha value is -2.92. The second kappa shape index (κ2) is 9.19. The van der Waals surface area contributed by atoms with E-state index in [0.717, 1.165) is 69.5 Å². The molecule has 1 saturated heterocycles. The number of carboxylic acids is 1. The Morgan fingerprint density at radius 3 is 2.22 bits per heavy atom. The number of anilines is 1. The summed E-state index contributed by atoms with van der Waals surface area (Å²) in [6, 6.07) is 7.97. The fourth-order valence-electron chi connectivity index (χ4n) is 7.66. The molecule has 2 atom stereocenters. The molecule has 2 N–H and O–H groups in total. The van der Waals surface area contributed by atoms with Crippen molar-refractivity contribution in [3.05, 3.63) is 29.8 Å². The van der Waals surface area contributed by atoms with Gasteiger partial charge in [0.2, 0.25) is 6.19 Å². The molecule has 5 aliphatic rings. The highest BCUT2D eigenvalue weighted by atomic mass is 16.4. The van der Waals surface area contributed by atoms with Crippen LogP contribution in [0.15, 0.2) is 29.3 Å². The first-order valence-electron chi connectivity index (χ1n) is 13.2. The highest BCUT2D eigenvalue weighted by Gasteiger charge is 2.59. The average Bonchev–Trinajstić information content (AvgIpc) is 2.85. The van der Waals surface area contributed by atoms with Gasteiger partial charge in [0.25, 0.3) is 0 Å². The van der Waals surface area contributed by atoms with Crippen molar-refractivity contribution < 1.29 is 14.7 Å². The van der Waals surface area contributed by atoms with Crippen LogP contribution in [0.4, 0.5) is 5.69 Å². The molecule has 4 bridgehead atoms. The largest absolute Gasteiger partial charge is 0.481 e. The summed E-state index contributed by atoms with van der Waals surface area (Å²) in [5, 5.41) is 23.2. The van der Waals surface area contributed by atoms with E-state index in [0.29, 0.717) is 23.6 Å². The number of nitrogens with one attached hydrogen (secondary N) is 1. The lowest BCUT2D eigenvalue weighted by Gasteiger charge is -2.59. The van der Waals surface area contributed by atoms with Crippen LogP contribution in [0, 0.1) is 34.6 Å². The minimum absolute atomic E-state index is 0.0715. The van der Waals surface area contributed by atoms with Gasteiger partial charge in [-0.2, -0.15) is 10.3 Å². The highest BCUT2D eigenvalue weighted by Crippen LogP contribution is 2.60. The smallest absolute Gasteiger partial charge is 0.309 e. The van der Waals surface area contributed by atoms with Crippen molar-refractivity contribution in [2.45, 2.75) is 64.5 Å². The Balaban J connectivity index is 1.26. The minimum atomic E-state index is -0.625. The molecular weight excluding hydrogens is 454 g/mol. The molecule has 0 spiro atoms. The third-order valence-electron chi connectivity index (χ3n) is 9.48. The summed E-state index contributed by atoms with van der Waals surface area (Å²) in [7, 11) is 0. The lowest BCUT2D eigenvalue weighted by atomic mass is 9.48. The Bertz CT molecular complexity index is 1080. The number of nitrogens with zero attached hydrogens (tertiary/aromatic N) is 4. The quantitative estimate of drug-likeness (QED) is 0.271. The van der Waals surface area contributed by atoms with Gasteiger partial charge in [0.05, 0.1) is 11.0 Å². The molecule has 1 aliphatic heterocycles. The van der Waals surface area contributed by atoms with Gasteiger partial charge >= 0.3 is 5.97 Å². The molecular formula is C28H37N5O3. The van der Waals surface area contributed by atoms with E-state index in [2.05, 4.69) is 34.0 Å². The Morgan fingerprint density at radius 2 is 1.69 bits per heavy atom. The van der Waals surface area contributed by atoms with Crippen LogP contribution in [0.1, 0.15) is 63.2 Å². The molecule has 8 heteroatoms. The molecule has 0 aromatic heterocycles. The van der Waals surface area contributed by atoms with E-state index in [1.165, 1.54) is 0 Å². The summed E-state index contributed by atoms with van der Waals surface area (Å²) < 4.78 is 0. The van der Waals surface area contributed by atoms with E-state index < -0.39 is 16.9 Å². The summed E-state index contributed by atoms with van der Waals surface area (Å²) in [4.78, 5) is 32.7. The van der Waals surface area contributed by atoms with Gasteiger partial charge in [-0.15, -0.1) is 0 Å². The normalized spacial score (nSPS) is 32.3. The number of benzene rings is 1. The maximum Gasteiger partial charge on any atom is 0.309 e. The van der Waals surface area contributed by atoms with Crippen molar-refractivity contribution in [3.63, 3.8) is 0 Å². The van der Waals surface area contributed by atoms with E-state index in [4.69, 9.17) is 0 Å². The maximum absolute atomic E-state index is 12.1. The number of carboxylic acid groups (broad SMARTS) is 1. The van der Waals surface area contributed by atoms with Crippen molar-refractivity contribution in [3.8, 4) is 6.19 Å².